The van der Waals surface area contributed by atoms with Crippen LogP contribution in [0.1, 0.15) is 20.3 Å². The summed E-state index contributed by atoms with van der Waals surface area (Å²) in [4.78, 5) is 9.41. The van der Waals surface area contributed by atoms with Gasteiger partial charge >= 0.3 is 0 Å². The van der Waals surface area contributed by atoms with Crippen molar-refractivity contribution in [1.82, 2.24) is 0 Å². The van der Waals surface area contributed by atoms with Gasteiger partial charge in [-0.3, -0.25) is 4.57 Å². The molecule has 0 aromatic heterocycles. The molecule has 0 aliphatic heterocycles. The second-order valence-electron chi connectivity index (χ2n) is 6.21. The van der Waals surface area contributed by atoms with Crippen LogP contribution in [0.5, 0.6) is 0 Å². The zero-order chi connectivity index (χ0) is 13.1. The van der Waals surface area contributed by atoms with Gasteiger partial charge < -0.3 is 15.1 Å². The van der Waals surface area contributed by atoms with E-state index in [1.165, 1.54) is 6.66 Å². The van der Waals surface area contributed by atoms with Gasteiger partial charge in [0.15, 0.2) is 7.37 Å². The number of hydrogen-bond donors (Lipinski definition) is 2. The normalized spacial score (nSPS) is 20.6. The molecule has 0 fully saturated rings. The van der Waals surface area contributed by atoms with Crippen molar-refractivity contribution in [2.24, 2.45) is 11.7 Å². The number of quaternary nitrogens is 1. The summed E-state index contributed by atoms with van der Waals surface area (Å²) in [7, 11) is 3.24. The largest absolute Gasteiger partial charge is 0.344 e. The van der Waals surface area contributed by atoms with Crippen molar-refractivity contribution in [3.8, 4) is 0 Å². The molecule has 0 aromatic carbocycles. The Hall–Kier alpha value is 0.110. The first kappa shape index (κ1) is 16.1. The van der Waals surface area contributed by atoms with E-state index in [0.29, 0.717) is 5.92 Å². The molecule has 5 heteroatoms. The number of hydrogen-bond acceptors (Lipinski definition) is 2. The van der Waals surface area contributed by atoms with Crippen LogP contribution in [0.15, 0.2) is 0 Å². The second kappa shape index (κ2) is 5.63. The Bertz CT molecular complexity index is 255. The molecule has 98 valence electrons. The molecule has 0 rings (SSSR count). The van der Waals surface area contributed by atoms with E-state index in [1.807, 2.05) is 0 Å². The van der Waals surface area contributed by atoms with E-state index in [2.05, 4.69) is 35.0 Å². The highest BCUT2D eigenvalue weighted by molar-refractivity contribution is 7.57. The third kappa shape index (κ3) is 6.64. The maximum atomic E-state index is 11.4. The summed E-state index contributed by atoms with van der Waals surface area (Å²) < 4.78 is 12.1. The summed E-state index contributed by atoms with van der Waals surface area (Å²) in [6, 6.07) is 0.00339. The Labute approximate surface area is 99.9 Å². The van der Waals surface area contributed by atoms with Crippen molar-refractivity contribution in [2.75, 3.05) is 34.0 Å². The fourth-order valence-electron chi connectivity index (χ4n) is 2.06. The lowest BCUT2D eigenvalue weighted by atomic mass is 9.96. The molecule has 4 nitrogen and oxygen atoms in total. The highest BCUT2D eigenvalue weighted by atomic mass is 31.2. The summed E-state index contributed by atoms with van der Waals surface area (Å²) in [5.41, 5.74) is 6.09. The molecule has 0 spiro atoms. The molecule has 0 heterocycles. The summed E-state index contributed by atoms with van der Waals surface area (Å²) >= 11 is 0. The molecule has 0 aliphatic rings. The predicted molar refractivity (Wildman–Crippen MR) is 69.9 cm³/mol. The van der Waals surface area contributed by atoms with Crippen molar-refractivity contribution < 1.29 is 13.9 Å². The highest BCUT2D eigenvalue weighted by Crippen LogP contribution is 2.37. The van der Waals surface area contributed by atoms with E-state index in [4.69, 9.17) is 5.73 Å². The minimum absolute atomic E-state index is 0.208. The number of rotatable bonds is 6. The lowest BCUT2D eigenvalue weighted by Gasteiger charge is -2.39. The van der Waals surface area contributed by atoms with Crippen LogP contribution in [0.3, 0.4) is 0 Å². The average Bonchev–Trinajstić information content (AvgIpc) is 1.93. The minimum Gasteiger partial charge on any atom is -0.344 e. The lowest BCUT2D eigenvalue weighted by molar-refractivity contribution is -0.897. The fourth-order valence-corrected chi connectivity index (χ4v) is 3.09. The Balaban J connectivity index is 4.70. The highest BCUT2D eigenvalue weighted by Gasteiger charge is 2.33. The third-order valence-electron chi connectivity index (χ3n) is 2.75. The zero-order valence-electron chi connectivity index (χ0n) is 11.5. The Kier molecular flexibility index (Phi) is 5.67. The van der Waals surface area contributed by atoms with E-state index in [-0.39, 0.29) is 18.2 Å². The van der Waals surface area contributed by atoms with Gasteiger partial charge in [0.25, 0.3) is 0 Å². The maximum Gasteiger partial charge on any atom is 0.199 e. The lowest BCUT2D eigenvalue weighted by Crippen LogP contribution is -2.56. The first-order valence-corrected chi connectivity index (χ1v) is 8.08. The Morgan fingerprint density at radius 1 is 1.31 bits per heavy atom. The molecule has 0 amide bonds. The molecule has 0 aromatic rings. The van der Waals surface area contributed by atoms with Gasteiger partial charge in [-0.2, -0.15) is 0 Å². The molecule has 3 atom stereocenters. The molecule has 3 N–H and O–H groups in total. The first-order chi connectivity index (χ1) is 6.93. The molecular formula is C11H28N2O2P+. The first-order valence-electron chi connectivity index (χ1n) is 5.79. The van der Waals surface area contributed by atoms with Crippen LogP contribution >= 0.6 is 7.37 Å². The van der Waals surface area contributed by atoms with Gasteiger partial charge in [-0.25, -0.2) is 0 Å². The van der Waals surface area contributed by atoms with Crippen molar-refractivity contribution in [1.29, 1.82) is 0 Å². The van der Waals surface area contributed by atoms with E-state index >= 15 is 0 Å². The summed E-state index contributed by atoms with van der Waals surface area (Å²) in [5.74, 6) is 0.545. The van der Waals surface area contributed by atoms with Crippen molar-refractivity contribution >= 4 is 7.37 Å². The van der Waals surface area contributed by atoms with Crippen LogP contribution in [0, 0.1) is 5.92 Å². The van der Waals surface area contributed by atoms with Crippen molar-refractivity contribution in [3.63, 3.8) is 0 Å². The maximum absolute atomic E-state index is 11.4. The summed E-state index contributed by atoms with van der Waals surface area (Å²) in [6.45, 7) is 5.69. The van der Waals surface area contributed by atoms with Gasteiger partial charge in [-0.1, -0.05) is 13.8 Å². The monoisotopic (exact) mass is 251 g/mol. The van der Waals surface area contributed by atoms with E-state index < -0.39 is 7.37 Å². The van der Waals surface area contributed by atoms with E-state index in [1.54, 1.807) is 0 Å². The average molecular weight is 251 g/mol. The van der Waals surface area contributed by atoms with E-state index in [0.717, 1.165) is 10.9 Å². The molecular weight excluding hydrogens is 223 g/mol. The summed E-state index contributed by atoms with van der Waals surface area (Å²) in [6.07, 6.45) is 1.19. The van der Waals surface area contributed by atoms with E-state index in [9.17, 15) is 9.46 Å². The predicted octanol–water partition coefficient (Wildman–Crippen LogP) is 1.33. The Morgan fingerprint density at radius 3 is 2.00 bits per heavy atom. The van der Waals surface area contributed by atoms with Crippen LogP contribution < -0.4 is 5.73 Å². The third-order valence-corrected chi connectivity index (χ3v) is 3.85. The molecule has 0 saturated carbocycles. The quantitative estimate of drug-likeness (QED) is 0.553. The van der Waals surface area contributed by atoms with Crippen LogP contribution in [-0.4, -0.2) is 55.4 Å². The number of nitrogens with zero attached hydrogens (tertiary/aromatic N) is 1. The Morgan fingerprint density at radius 2 is 1.75 bits per heavy atom. The molecule has 16 heavy (non-hydrogen) atoms. The van der Waals surface area contributed by atoms with Crippen LogP contribution in [-0.2, 0) is 4.57 Å². The SMILES string of the molecule is CC(C)C[C@H]([C@H](N)CP(C)(=O)O)[N+](C)(C)C. The molecule has 0 radical (unpaired) electrons. The number of likely N-dealkylation sites (N-methyl/N-ethyl adjacent to an activating group) is 1. The van der Waals surface area contributed by atoms with Gasteiger partial charge in [-0.15, -0.1) is 0 Å². The topological polar surface area (TPSA) is 63.3 Å². The standard InChI is InChI=1S/C11H27N2O2P/c1-9(2)7-11(13(3,4)5)10(12)8-16(6,14)15/h9-11H,7-8,12H2,1-6H3/p+1/t10-,11-/m1/s1. The smallest absolute Gasteiger partial charge is 0.199 e. The molecule has 0 saturated heterocycles. The zero-order valence-corrected chi connectivity index (χ0v) is 12.4. The molecule has 1 unspecified atom stereocenters. The molecule has 0 aliphatic carbocycles. The van der Waals surface area contributed by atoms with Crippen LogP contribution in [0.4, 0.5) is 0 Å². The fraction of sp³-hybridized carbons (Fsp3) is 1.00. The summed E-state index contributed by atoms with van der Waals surface area (Å²) in [5, 5.41) is 0. The molecule has 0 bridgehead atoms. The van der Waals surface area contributed by atoms with Gasteiger partial charge in [0.2, 0.25) is 0 Å². The van der Waals surface area contributed by atoms with Gasteiger partial charge in [0, 0.05) is 19.2 Å². The minimum atomic E-state index is -3.02. The van der Waals surface area contributed by atoms with Crippen molar-refractivity contribution in [2.45, 2.75) is 32.4 Å². The van der Waals surface area contributed by atoms with Crippen molar-refractivity contribution in [3.05, 3.63) is 0 Å². The number of nitrogens with two attached hydrogens (primary N) is 1. The van der Waals surface area contributed by atoms with Gasteiger partial charge in [0.05, 0.1) is 27.2 Å². The van der Waals surface area contributed by atoms with Gasteiger partial charge in [0.1, 0.15) is 6.04 Å². The van der Waals surface area contributed by atoms with Crippen LogP contribution in [0.2, 0.25) is 0 Å². The second-order valence-corrected chi connectivity index (χ2v) is 8.68. The van der Waals surface area contributed by atoms with Gasteiger partial charge in [-0.05, 0) is 5.92 Å². The van der Waals surface area contributed by atoms with Crippen LogP contribution in [0.25, 0.3) is 0 Å².